The summed E-state index contributed by atoms with van der Waals surface area (Å²) in [5.74, 6) is -0.178. The number of unbranched alkanes of at least 4 members (excludes halogenated alkanes) is 1. The van der Waals surface area contributed by atoms with Crippen molar-refractivity contribution in [3.8, 4) is 0 Å². The molecule has 0 aliphatic rings. The van der Waals surface area contributed by atoms with E-state index in [4.69, 9.17) is 0 Å². The monoisotopic (exact) mass is 190 g/mol. The van der Waals surface area contributed by atoms with Crippen LogP contribution < -0.4 is 0 Å². The molecule has 2 aromatic rings. The van der Waals surface area contributed by atoms with Gasteiger partial charge in [-0.25, -0.2) is 4.39 Å². The van der Waals surface area contributed by atoms with Gasteiger partial charge in [-0.3, -0.25) is 0 Å². The van der Waals surface area contributed by atoms with Gasteiger partial charge in [0.1, 0.15) is 5.82 Å². The Morgan fingerprint density at radius 1 is 1.43 bits per heavy atom. The molecule has 14 heavy (non-hydrogen) atoms. The molecule has 0 atom stereocenters. The van der Waals surface area contributed by atoms with E-state index < -0.39 is 0 Å². The highest BCUT2D eigenvalue weighted by atomic mass is 19.1. The number of H-pyrrole nitrogens is 1. The van der Waals surface area contributed by atoms with E-state index in [1.807, 2.05) is 6.20 Å². The molecule has 0 amide bonds. The van der Waals surface area contributed by atoms with Crippen molar-refractivity contribution in [2.24, 2.45) is 0 Å². The molecule has 1 aromatic carbocycles. The number of fused-ring (bicyclic) bond motifs is 1. The fraction of sp³-hybridized carbons (Fsp3) is 0.250. The van der Waals surface area contributed by atoms with Crippen molar-refractivity contribution >= 4 is 10.9 Å². The number of aromatic nitrogens is 1. The summed E-state index contributed by atoms with van der Waals surface area (Å²) < 4.78 is 13.0. The summed E-state index contributed by atoms with van der Waals surface area (Å²) in [5, 5.41) is 0.971. The van der Waals surface area contributed by atoms with Gasteiger partial charge in [0.05, 0.1) is 0 Å². The summed E-state index contributed by atoms with van der Waals surface area (Å²) >= 11 is 0. The Hall–Kier alpha value is -1.31. The molecule has 1 radical (unpaired) electrons. The van der Waals surface area contributed by atoms with E-state index in [2.05, 4.69) is 18.3 Å². The minimum atomic E-state index is -0.178. The lowest BCUT2D eigenvalue weighted by Gasteiger charge is -1.96. The molecular formula is C12H13FN. The van der Waals surface area contributed by atoms with E-state index in [1.54, 1.807) is 12.1 Å². The number of benzene rings is 1. The summed E-state index contributed by atoms with van der Waals surface area (Å²) in [5.41, 5.74) is 2.09. The number of aromatic amines is 1. The lowest BCUT2D eigenvalue weighted by Crippen LogP contribution is -1.79. The second kappa shape index (κ2) is 3.82. The van der Waals surface area contributed by atoms with Crippen LogP contribution in [0.5, 0.6) is 0 Å². The normalized spacial score (nSPS) is 11.0. The van der Waals surface area contributed by atoms with Gasteiger partial charge in [0.2, 0.25) is 0 Å². The van der Waals surface area contributed by atoms with Crippen LogP contribution in [-0.2, 0) is 0 Å². The van der Waals surface area contributed by atoms with Gasteiger partial charge < -0.3 is 4.98 Å². The van der Waals surface area contributed by atoms with Crippen molar-refractivity contribution in [2.45, 2.75) is 19.8 Å². The molecule has 1 N–H and O–H groups in total. The third kappa shape index (κ3) is 1.65. The summed E-state index contributed by atoms with van der Waals surface area (Å²) in [6.45, 7) is 2.13. The minimum absolute atomic E-state index is 0.178. The second-order valence-electron chi connectivity index (χ2n) is 3.43. The van der Waals surface area contributed by atoms with Gasteiger partial charge in [-0.1, -0.05) is 13.3 Å². The van der Waals surface area contributed by atoms with Crippen molar-refractivity contribution in [3.05, 3.63) is 42.2 Å². The quantitative estimate of drug-likeness (QED) is 0.760. The zero-order valence-corrected chi connectivity index (χ0v) is 8.18. The number of hydrogen-bond donors (Lipinski definition) is 1. The first-order valence-corrected chi connectivity index (χ1v) is 4.91. The minimum Gasteiger partial charge on any atom is -0.361 e. The third-order valence-electron chi connectivity index (χ3n) is 2.33. The van der Waals surface area contributed by atoms with Crippen molar-refractivity contribution in [2.75, 3.05) is 0 Å². The number of hydrogen-bond acceptors (Lipinski definition) is 0. The van der Waals surface area contributed by atoms with Gasteiger partial charge in [-0.05, 0) is 36.6 Å². The third-order valence-corrected chi connectivity index (χ3v) is 2.33. The maximum Gasteiger partial charge on any atom is 0.123 e. The number of halogens is 1. The van der Waals surface area contributed by atoms with Crippen molar-refractivity contribution in [3.63, 3.8) is 0 Å². The first kappa shape index (κ1) is 9.25. The van der Waals surface area contributed by atoms with Crippen LogP contribution in [-0.4, -0.2) is 4.98 Å². The van der Waals surface area contributed by atoms with E-state index in [0.717, 1.165) is 29.3 Å². The molecular weight excluding hydrogens is 177 g/mol. The van der Waals surface area contributed by atoms with E-state index in [-0.39, 0.29) is 5.82 Å². The molecule has 0 spiro atoms. The van der Waals surface area contributed by atoms with Crippen LogP contribution in [0.2, 0.25) is 0 Å². The molecule has 0 aliphatic carbocycles. The molecule has 1 nitrogen and oxygen atoms in total. The highest BCUT2D eigenvalue weighted by Gasteiger charge is 2.03. The Kier molecular flexibility index (Phi) is 2.53. The Balaban J connectivity index is 2.40. The molecule has 73 valence electrons. The van der Waals surface area contributed by atoms with Crippen LogP contribution in [0, 0.1) is 12.2 Å². The van der Waals surface area contributed by atoms with Gasteiger partial charge in [-0.15, -0.1) is 0 Å². The number of rotatable bonds is 3. The SMILES string of the molecule is CCC[CH]c1c[nH]c2ccc(F)cc12. The van der Waals surface area contributed by atoms with Gasteiger partial charge >= 0.3 is 0 Å². The Morgan fingerprint density at radius 3 is 3.07 bits per heavy atom. The lowest BCUT2D eigenvalue weighted by molar-refractivity contribution is 0.629. The van der Waals surface area contributed by atoms with Gasteiger partial charge in [0.15, 0.2) is 0 Å². The molecule has 0 bridgehead atoms. The predicted molar refractivity (Wildman–Crippen MR) is 56.6 cm³/mol. The Labute approximate surface area is 82.9 Å². The molecule has 2 rings (SSSR count). The average Bonchev–Trinajstić information content (AvgIpc) is 2.57. The van der Waals surface area contributed by atoms with Crippen LogP contribution >= 0.6 is 0 Å². The lowest BCUT2D eigenvalue weighted by atomic mass is 10.1. The zero-order valence-electron chi connectivity index (χ0n) is 8.18. The van der Waals surface area contributed by atoms with Gasteiger partial charge in [-0.2, -0.15) is 0 Å². The van der Waals surface area contributed by atoms with Crippen LogP contribution in [0.25, 0.3) is 10.9 Å². The van der Waals surface area contributed by atoms with E-state index in [1.165, 1.54) is 6.07 Å². The van der Waals surface area contributed by atoms with Crippen molar-refractivity contribution < 1.29 is 4.39 Å². The topological polar surface area (TPSA) is 15.8 Å². The second-order valence-corrected chi connectivity index (χ2v) is 3.43. The standard InChI is InChI=1S/C12H13FN/c1-2-3-4-9-8-14-12-6-5-10(13)7-11(9)12/h4-8,14H,2-3H2,1H3. The maximum absolute atomic E-state index is 13.0. The van der Waals surface area contributed by atoms with E-state index in [0.29, 0.717) is 0 Å². The van der Waals surface area contributed by atoms with Crippen LogP contribution in [0.4, 0.5) is 4.39 Å². The first-order valence-electron chi connectivity index (χ1n) is 4.91. The van der Waals surface area contributed by atoms with E-state index in [9.17, 15) is 4.39 Å². The van der Waals surface area contributed by atoms with Gasteiger partial charge in [0, 0.05) is 17.1 Å². The molecule has 0 unspecified atom stereocenters. The molecule has 2 heteroatoms. The molecule has 0 aliphatic heterocycles. The number of nitrogens with one attached hydrogen (secondary N) is 1. The van der Waals surface area contributed by atoms with E-state index >= 15 is 0 Å². The summed E-state index contributed by atoms with van der Waals surface area (Å²) in [4.78, 5) is 3.13. The first-order chi connectivity index (χ1) is 6.81. The fourth-order valence-corrected chi connectivity index (χ4v) is 1.58. The van der Waals surface area contributed by atoms with Crippen molar-refractivity contribution in [1.29, 1.82) is 0 Å². The van der Waals surface area contributed by atoms with Crippen LogP contribution in [0.3, 0.4) is 0 Å². The Morgan fingerprint density at radius 2 is 2.29 bits per heavy atom. The van der Waals surface area contributed by atoms with Crippen LogP contribution in [0.1, 0.15) is 25.3 Å². The fourth-order valence-electron chi connectivity index (χ4n) is 1.58. The van der Waals surface area contributed by atoms with Crippen LogP contribution in [0.15, 0.2) is 24.4 Å². The summed E-state index contributed by atoms with van der Waals surface area (Å²) in [6, 6.07) is 4.82. The largest absolute Gasteiger partial charge is 0.361 e. The van der Waals surface area contributed by atoms with Gasteiger partial charge in [0.25, 0.3) is 0 Å². The molecule has 1 aromatic heterocycles. The highest BCUT2D eigenvalue weighted by Crippen LogP contribution is 2.21. The predicted octanol–water partition coefficient (Wildman–Crippen LogP) is 3.66. The zero-order chi connectivity index (χ0) is 9.97. The maximum atomic E-state index is 13.0. The molecule has 0 saturated heterocycles. The molecule has 0 saturated carbocycles. The van der Waals surface area contributed by atoms with Crippen molar-refractivity contribution in [1.82, 2.24) is 4.98 Å². The Bertz CT molecular complexity index is 431. The molecule has 0 fully saturated rings. The molecule has 1 heterocycles. The highest BCUT2D eigenvalue weighted by molar-refractivity contribution is 5.84. The smallest absolute Gasteiger partial charge is 0.123 e. The average molecular weight is 190 g/mol. The summed E-state index contributed by atoms with van der Waals surface area (Å²) in [7, 11) is 0. The summed E-state index contributed by atoms with van der Waals surface area (Å²) in [6.07, 6.45) is 6.21.